The summed E-state index contributed by atoms with van der Waals surface area (Å²) < 4.78 is 5.23. The Hall–Kier alpha value is -2.62. The van der Waals surface area contributed by atoms with Crippen LogP contribution in [0.25, 0.3) is 0 Å². The molecule has 3 atom stereocenters. The molecule has 3 aromatic rings. The van der Waals surface area contributed by atoms with Crippen LogP contribution in [0.15, 0.2) is 42.5 Å². The predicted octanol–water partition coefficient (Wildman–Crippen LogP) is 6.55. The van der Waals surface area contributed by atoms with E-state index < -0.39 is 35.8 Å². The summed E-state index contributed by atoms with van der Waals surface area (Å²) in [5.41, 5.74) is 2.04. The van der Waals surface area contributed by atoms with Gasteiger partial charge in [-0.25, -0.2) is 14.8 Å². The van der Waals surface area contributed by atoms with Crippen LogP contribution >= 0.6 is 46.1 Å². The van der Waals surface area contributed by atoms with E-state index in [1.54, 1.807) is 56.3 Å². The van der Waals surface area contributed by atoms with Crippen LogP contribution in [0.1, 0.15) is 39.3 Å². The van der Waals surface area contributed by atoms with Gasteiger partial charge >= 0.3 is 5.97 Å². The van der Waals surface area contributed by atoms with Gasteiger partial charge in [0.05, 0.1) is 23.9 Å². The van der Waals surface area contributed by atoms with Crippen LogP contribution in [0.4, 0.5) is 10.7 Å². The lowest BCUT2D eigenvalue weighted by molar-refractivity contribution is -0.126. The largest absolute Gasteiger partial charge is 0.462 e. The topological polar surface area (TPSA) is 76.2 Å². The van der Waals surface area contributed by atoms with Crippen LogP contribution in [0, 0.1) is 19.8 Å². The van der Waals surface area contributed by atoms with Crippen molar-refractivity contribution >= 4 is 74.6 Å². The molecule has 5 rings (SSSR count). The van der Waals surface area contributed by atoms with E-state index in [0.717, 1.165) is 9.78 Å². The Morgan fingerprint density at radius 2 is 1.70 bits per heavy atom. The number of halogens is 3. The van der Waals surface area contributed by atoms with Crippen LogP contribution < -0.4 is 9.96 Å². The van der Waals surface area contributed by atoms with Crippen molar-refractivity contribution in [1.82, 2.24) is 0 Å². The minimum Gasteiger partial charge on any atom is -0.462 e. The minimum atomic E-state index is -1.13. The van der Waals surface area contributed by atoms with Crippen molar-refractivity contribution in [3.63, 3.8) is 0 Å². The van der Waals surface area contributed by atoms with Crippen molar-refractivity contribution in [1.29, 1.82) is 0 Å². The lowest BCUT2D eigenvalue weighted by Crippen LogP contribution is -2.37. The fourth-order valence-corrected chi connectivity index (χ4v) is 6.50. The van der Waals surface area contributed by atoms with E-state index in [1.165, 1.54) is 16.4 Å². The first kappa shape index (κ1) is 26.0. The number of hydroxylamine groups is 1. The van der Waals surface area contributed by atoms with Gasteiger partial charge in [0.2, 0.25) is 5.91 Å². The van der Waals surface area contributed by atoms with Crippen molar-refractivity contribution in [3.8, 4) is 0 Å². The zero-order chi connectivity index (χ0) is 26.6. The summed E-state index contributed by atoms with van der Waals surface area (Å²) in [4.78, 5) is 48.6. The van der Waals surface area contributed by atoms with Crippen LogP contribution in [-0.4, -0.2) is 30.5 Å². The SMILES string of the molecule is CCOC(=O)c1c(N2C(=O)[C@H]3[C@@H](ON(c4ccc(Cl)cc4)[C@H]3c3ccc(Cl)cc3Cl)C2=O)sc(C)c1C. The average Bonchev–Trinajstić information content (AvgIpc) is 3.45. The molecule has 3 heterocycles. The smallest absolute Gasteiger partial charge is 0.341 e. The van der Waals surface area contributed by atoms with Crippen molar-refractivity contribution in [3.05, 3.63) is 79.1 Å². The Kier molecular flexibility index (Phi) is 6.98. The number of hydrogen-bond donors (Lipinski definition) is 0. The van der Waals surface area contributed by atoms with Gasteiger partial charge in [0.25, 0.3) is 5.91 Å². The average molecular weight is 580 g/mol. The zero-order valence-electron chi connectivity index (χ0n) is 20.0. The first-order valence-electron chi connectivity index (χ1n) is 11.5. The zero-order valence-corrected chi connectivity index (χ0v) is 23.0. The second-order valence-corrected chi connectivity index (χ2v) is 11.1. The molecule has 2 aromatic carbocycles. The fourth-order valence-electron chi connectivity index (χ4n) is 4.69. The number of ether oxygens (including phenoxy) is 1. The number of anilines is 2. The standard InChI is InChI=1S/C26H21Cl3N2O5S/c1-4-35-26(34)19-12(2)13(3)37-25(19)30-23(32)20-21(17-10-7-15(28)11-18(17)29)31(36-22(20)24(30)33)16-8-5-14(27)6-9-16/h5-11,20-22H,4H2,1-3H3/t20-,21+,22-/m1/s1. The number of thiophene rings is 1. The van der Waals surface area contributed by atoms with Gasteiger partial charge in [-0.2, -0.15) is 0 Å². The third kappa shape index (κ3) is 4.30. The molecule has 2 amide bonds. The maximum atomic E-state index is 14.0. The quantitative estimate of drug-likeness (QED) is 0.252. The molecule has 11 heteroatoms. The van der Waals surface area contributed by atoms with Crippen molar-refractivity contribution in [2.45, 2.75) is 32.9 Å². The molecule has 2 saturated heterocycles. The normalized spacial score (nSPS) is 21.1. The number of carbonyl (C=O) groups is 3. The summed E-state index contributed by atoms with van der Waals surface area (Å²) in [7, 11) is 0. The molecule has 0 aliphatic carbocycles. The van der Waals surface area contributed by atoms with Crippen LogP contribution in [-0.2, 0) is 19.2 Å². The molecule has 0 spiro atoms. The highest BCUT2D eigenvalue weighted by Gasteiger charge is 2.61. The highest BCUT2D eigenvalue weighted by Crippen LogP contribution is 2.51. The van der Waals surface area contributed by atoms with E-state index in [1.807, 2.05) is 6.92 Å². The van der Waals surface area contributed by atoms with E-state index in [2.05, 4.69) is 0 Å². The first-order valence-corrected chi connectivity index (χ1v) is 13.4. The molecule has 0 radical (unpaired) electrons. The molecular formula is C26H21Cl3N2O5S. The van der Waals surface area contributed by atoms with Crippen LogP contribution in [0.5, 0.6) is 0 Å². The molecule has 1 aromatic heterocycles. The van der Waals surface area contributed by atoms with Crippen molar-refractivity contribution < 1.29 is 24.0 Å². The number of imide groups is 1. The summed E-state index contributed by atoms with van der Waals surface area (Å²) >= 11 is 20.0. The Bertz CT molecular complexity index is 1420. The predicted molar refractivity (Wildman–Crippen MR) is 144 cm³/mol. The monoisotopic (exact) mass is 578 g/mol. The molecular weight excluding hydrogens is 559 g/mol. The highest BCUT2D eigenvalue weighted by atomic mass is 35.5. The maximum absolute atomic E-state index is 14.0. The molecule has 0 unspecified atom stereocenters. The number of aryl methyl sites for hydroxylation is 1. The van der Waals surface area contributed by atoms with Crippen LogP contribution in [0.3, 0.4) is 0 Å². The lowest BCUT2D eigenvalue weighted by atomic mass is 9.90. The van der Waals surface area contributed by atoms with E-state index in [-0.39, 0.29) is 17.2 Å². The fraction of sp³-hybridized carbons (Fsp3) is 0.269. The first-order chi connectivity index (χ1) is 17.6. The molecule has 7 nitrogen and oxygen atoms in total. The number of nitrogens with zero attached hydrogens (tertiary/aromatic N) is 2. The second-order valence-electron chi connectivity index (χ2n) is 8.66. The summed E-state index contributed by atoms with van der Waals surface area (Å²) in [5, 5.41) is 3.04. The third-order valence-corrected chi connectivity index (χ3v) is 8.53. The molecule has 0 bridgehead atoms. The maximum Gasteiger partial charge on any atom is 0.341 e. The van der Waals surface area contributed by atoms with Gasteiger partial charge in [-0.3, -0.25) is 14.4 Å². The number of fused-ring (bicyclic) bond motifs is 1. The third-order valence-electron chi connectivity index (χ3n) is 6.53. The molecule has 0 saturated carbocycles. The number of carbonyl (C=O) groups excluding carboxylic acids is 3. The molecule has 2 aliphatic heterocycles. The number of benzene rings is 2. The van der Waals surface area contributed by atoms with Gasteiger partial charge in [0.1, 0.15) is 10.9 Å². The van der Waals surface area contributed by atoms with Crippen molar-refractivity contribution in [2.24, 2.45) is 5.92 Å². The van der Waals surface area contributed by atoms with E-state index in [4.69, 9.17) is 44.4 Å². The van der Waals surface area contributed by atoms with Crippen molar-refractivity contribution in [2.75, 3.05) is 16.6 Å². The Morgan fingerprint density at radius 3 is 2.35 bits per heavy atom. The molecule has 2 aliphatic rings. The summed E-state index contributed by atoms with van der Waals surface area (Å²) in [6.45, 7) is 5.45. The summed E-state index contributed by atoms with van der Waals surface area (Å²) in [5.74, 6) is -2.57. The minimum absolute atomic E-state index is 0.163. The van der Waals surface area contributed by atoms with E-state index >= 15 is 0 Å². The molecule has 192 valence electrons. The Labute approximate surface area is 232 Å². The Morgan fingerprint density at radius 1 is 1.03 bits per heavy atom. The van der Waals surface area contributed by atoms with E-state index in [9.17, 15) is 14.4 Å². The number of amides is 2. The van der Waals surface area contributed by atoms with Gasteiger partial charge in [-0.15, -0.1) is 11.3 Å². The lowest BCUT2D eigenvalue weighted by Gasteiger charge is -2.29. The van der Waals surface area contributed by atoms with E-state index in [0.29, 0.717) is 31.9 Å². The number of rotatable bonds is 5. The molecule has 0 N–H and O–H groups in total. The van der Waals surface area contributed by atoms with Crippen LogP contribution in [0.2, 0.25) is 15.1 Å². The number of hydrogen-bond acceptors (Lipinski definition) is 7. The van der Waals surface area contributed by atoms with Gasteiger partial charge in [0, 0.05) is 19.9 Å². The van der Waals surface area contributed by atoms with Gasteiger partial charge in [0.15, 0.2) is 6.10 Å². The molecule has 2 fully saturated rings. The summed E-state index contributed by atoms with van der Waals surface area (Å²) in [6, 6.07) is 11.1. The highest BCUT2D eigenvalue weighted by molar-refractivity contribution is 7.17. The Balaban J connectivity index is 1.62. The molecule has 37 heavy (non-hydrogen) atoms. The second kappa shape index (κ2) is 9.93. The van der Waals surface area contributed by atoms with Gasteiger partial charge in [-0.1, -0.05) is 40.9 Å². The summed E-state index contributed by atoms with van der Waals surface area (Å²) in [6.07, 6.45) is -1.13. The number of esters is 1. The van der Waals surface area contributed by atoms with Gasteiger partial charge in [-0.05, 0) is 68.3 Å². The van der Waals surface area contributed by atoms with Gasteiger partial charge < -0.3 is 4.74 Å².